The van der Waals surface area contributed by atoms with Crippen LogP contribution in [0.2, 0.25) is 0 Å². The molecule has 14 heavy (non-hydrogen) atoms. The highest BCUT2D eigenvalue weighted by atomic mass is 16.5. The van der Waals surface area contributed by atoms with Crippen LogP contribution in [-0.2, 0) is 0 Å². The molecule has 0 amide bonds. The van der Waals surface area contributed by atoms with Gasteiger partial charge in [-0.15, -0.1) is 0 Å². The first-order valence-electron chi connectivity index (χ1n) is 4.37. The number of hydrogen-bond donors (Lipinski definition) is 3. The molecule has 0 aliphatic rings. The molecule has 0 unspecified atom stereocenters. The normalized spacial score (nSPS) is 14.9. The lowest BCUT2D eigenvalue weighted by molar-refractivity contribution is 0.109. The number of nitrogens with two attached hydrogens (primary N) is 1. The molecule has 0 bridgehead atoms. The second-order valence-electron chi connectivity index (χ2n) is 3.06. The largest absolute Gasteiger partial charge is 0.497 e. The highest BCUT2D eigenvalue weighted by Gasteiger charge is 2.15. The third-order valence-electron chi connectivity index (χ3n) is 2.07. The number of hydrogen-bond acceptors (Lipinski definition) is 4. The molecule has 0 aliphatic heterocycles. The number of methoxy groups -OCH3 is 1. The summed E-state index contributed by atoms with van der Waals surface area (Å²) in [5.41, 5.74) is 6.16. The number of rotatable bonds is 4. The summed E-state index contributed by atoms with van der Waals surface area (Å²) >= 11 is 0. The van der Waals surface area contributed by atoms with Crippen LogP contribution in [0.25, 0.3) is 0 Å². The van der Waals surface area contributed by atoms with Crippen LogP contribution in [0.5, 0.6) is 5.75 Å². The molecule has 2 atom stereocenters. The maximum atomic E-state index is 9.63. The van der Waals surface area contributed by atoms with E-state index < -0.39 is 12.1 Å². The minimum atomic E-state index is -0.842. The van der Waals surface area contributed by atoms with E-state index in [0.717, 1.165) is 5.75 Å². The van der Waals surface area contributed by atoms with E-state index in [-0.39, 0.29) is 6.61 Å². The molecule has 0 spiro atoms. The first kappa shape index (κ1) is 11.0. The fourth-order valence-corrected chi connectivity index (χ4v) is 1.15. The summed E-state index contributed by atoms with van der Waals surface area (Å²) in [6.07, 6.45) is -0.842. The molecule has 0 aliphatic carbocycles. The van der Waals surface area contributed by atoms with Crippen LogP contribution in [0.3, 0.4) is 0 Å². The van der Waals surface area contributed by atoms with Crippen molar-refractivity contribution in [1.29, 1.82) is 0 Å². The quantitative estimate of drug-likeness (QED) is 0.637. The summed E-state index contributed by atoms with van der Waals surface area (Å²) in [7, 11) is 1.57. The molecule has 0 radical (unpaired) electrons. The van der Waals surface area contributed by atoms with Gasteiger partial charge in [0.15, 0.2) is 0 Å². The lowest BCUT2D eigenvalue weighted by Gasteiger charge is -2.16. The molecule has 4 nitrogen and oxygen atoms in total. The van der Waals surface area contributed by atoms with Crippen LogP contribution < -0.4 is 10.5 Å². The summed E-state index contributed by atoms with van der Waals surface area (Å²) in [5.74, 6) is 0.721. The van der Waals surface area contributed by atoms with Gasteiger partial charge in [-0.1, -0.05) is 12.1 Å². The summed E-state index contributed by atoms with van der Waals surface area (Å²) in [6, 6.07) is 6.27. The Labute approximate surface area is 82.9 Å². The number of ether oxygens (including phenoxy) is 1. The van der Waals surface area contributed by atoms with Gasteiger partial charge in [0.2, 0.25) is 0 Å². The molecule has 4 heteroatoms. The van der Waals surface area contributed by atoms with Crippen molar-refractivity contribution in [2.75, 3.05) is 13.7 Å². The third kappa shape index (κ3) is 2.45. The molecule has 0 saturated carbocycles. The zero-order chi connectivity index (χ0) is 10.6. The van der Waals surface area contributed by atoms with E-state index >= 15 is 0 Å². The average Bonchev–Trinajstić information content (AvgIpc) is 2.27. The second-order valence-corrected chi connectivity index (χ2v) is 3.06. The van der Waals surface area contributed by atoms with Gasteiger partial charge in [-0.05, 0) is 17.7 Å². The number of aliphatic hydroxyl groups is 2. The predicted octanol–water partition coefficient (Wildman–Crippen LogP) is 0.0482. The Bertz CT molecular complexity index is 273. The van der Waals surface area contributed by atoms with E-state index in [1.54, 1.807) is 31.4 Å². The van der Waals surface area contributed by atoms with Gasteiger partial charge in [0.1, 0.15) is 5.75 Å². The van der Waals surface area contributed by atoms with Crippen molar-refractivity contribution >= 4 is 0 Å². The van der Waals surface area contributed by atoms with Gasteiger partial charge < -0.3 is 20.7 Å². The maximum absolute atomic E-state index is 9.63. The Morgan fingerprint density at radius 1 is 1.36 bits per heavy atom. The second kappa shape index (κ2) is 4.95. The van der Waals surface area contributed by atoms with Crippen molar-refractivity contribution in [3.63, 3.8) is 0 Å². The Balaban J connectivity index is 2.75. The summed E-state index contributed by atoms with van der Waals surface area (Å²) in [5, 5.41) is 18.4. The van der Waals surface area contributed by atoms with Crippen molar-refractivity contribution < 1.29 is 14.9 Å². The lowest BCUT2D eigenvalue weighted by Crippen LogP contribution is -2.31. The first-order valence-corrected chi connectivity index (χ1v) is 4.37. The first-order chi connectivity index (χ1) is 6.69. The Kier molecular flexibility index (Phi) is 3.88. The number of benzene rings is 1. The van der Waals surface area contributed by atoms with Crippen molar-refractivity contribution in [1.82, 2.24) is 0 Å². The standard InChI is InChI=1S/C10H15NO3/c1-14-8-4-2-7(3-5-8)10(13)9(11)6-12/h2-5,9-10,12-13H,6,11H2,1H3/t9-,10+/m1/s1. The van der Waals surface area contributed by atoms with Crippen molar-refractivity contribution in [2.45, 2.75) is 12.1 Å². The third-order valence-corrected chi connectivity index (χ3v) is 2.07. The van der Waals surface area contributed by atoms with Crippen LogP contribution in [0.15, 0.2) is 24.3 Å². The minimum Gasteiger partial charge on any atom is -0.497 e. The molecule has 4 N–H and O–H groups in total. The Morgan fingerprint density at radius 3 is 2.36 bits per heavy atom. The van der Waals surface area contributed by atoms with Crippen LogP contribution in [0, 0.1) is 0 Å². The van der Waals surface area contributed by atoms with Gasteiger partial charge in [0.25, 0.3) is 0 Å². The Hall–Kier alpha value is -1.10. The van der Waals surface area contributed by atoms with E-state index in [4.69, 9.17) is 15.6 Å². The van der Waals surface area contributed by atoms with Gasteiger partial charge in [-0.25, -0.2) is 0 Å². The molecule has 0 aromatic heterocycles. The fraction of sp³-hybridized carbons (Fsp3) is 0.400. The van der Waals surface area contributed by atoms with E-state index in [2.05, 4.69) is 0 Å². The van der Waals surface area contributed by atoms with Crippen LogP contribution in [0.4, 0.5) is 0 Å². The van der Waals surface area contributed by atoms with Crippen molar-refractivity contribution in [3.05, 3.63) is 29.8 Å². The summed E-state index contributed by atoms with van der Waals surface area (Å²) < 4.78 is 4.97. The van der Waals surface area contributed by atoms with Gasteiger partial charge in [0.05, 0.1) is 25.9 Å². The van der Waals surface area contributed by atoms with Crippen molar-refractivity contribution in [2.24, 2.45) is 5.73 Å². The molecule has 1 aromatic carbocycles. The average molecular weight is 197 g/mol. The zero-order valence-electron chi connectivity index (χ0n) is 8.05. The molecule has 0 saturated heterocycles. The van der Waals surface area contributed by atoms with Crippen LogP contribution in [-0.4, -0.2) is 30.0 Å². The zero-order valence-corrected chi connectivity index (χ0v) is 8.05. The van der Waals surface area contributed by atoms with E-state index in [9.17, 15) is 5.11 Å². The van der Waals surface area contributed by atoms with E-state index in [1.807, 2.05) is 0 Å². The Morgan fingerprint density at radius 2 is 1.93 bits per heavy atom. The van der Waals surface area contributed by atoms with E-state index in [0.29, 0.717) is 5.56 Å². The monoisotopic (exact) mass is 197 g/mol. The summed E-state index contributed by atoms with van der Waals surface area (Å²) in [4.78, 5) is 0. The lowest BCUT2D eigenvalue weighted by atomic mass is 10.0. The fourth-order valence-electron chi connectivity index (χ4n) is 1.15. The minimum absolute atomic E-state index is 0.243. The SMILES string of the molecule is COc1ccc([C@H](O)[C@H](N)CO)cc1. The van der Waals surface area contributed by atoms with Gasteiger partial charge >= 0.3 is 0 Å². The smallest absolute Gasteiger partial charge is 0.118 e. The molecule has 78 valence electrons. The van der Waals surface area contributed by atoms with Crippen molar-refractivity contribution in [3.8, 4) is 5.75 Å². The van der Waals surface area contributed by atoms with Gasteiger partial charge in [-0.2, -0.15) is 0 Å². The molecule has 1 aromatic rings. The summed E-state index contributed by atoms with van der Waals surface area (Å²) in [6.45, 7) is -0.243. The highest BCUT2D eigenvalue weighted by Crippen LogP contribution is 2.19. The van der Waals surface area contributed by atoms with Crippen LogP contribution in [0.1, 0.15) is 11.7 Å². The van der Waals surface area contributed by atoms with Gasteiger partial charge in [-0.3, -0.25) is 0 Å². The van der Waals surface area contributed by atoms with Gasteiger partial charge in [0, 0.05) is 0 Å². The van der Waals surface area contributed by atoms with E-state index in [1.165, 1.54) is 0 Å². The predicted molar refractivity (Wildman–Crippen MR) is 53.0 cm³/mol. The highest BCUT2D eigenvalue weighted by molar-refractivity contribution is 5.28. The molecule has 0 heterocycles. The molecular weight excluding hydrogens is 182 g/mol. The molecule has 1 rings (SSSR count). The molecular formula is C10H15NO3. The molecule has 0 fully saturated rings. The number of aliphatic hydroxyl groups excluding tert-OH is 2. The van der Waals surface area contributed by atoms with Crippen LogP contribution >= 0.6 is 0 Å². The maximum Gasteiger partial charge on any atom is 0.118 e. The topological polar surface area (TPSA) is 75.7 Å².